The largest absolute Gasteiger partial charge is 0.379 e. The Morgan fingerprint density at radius 3 is 2.93 bits per heavy atom. The van der Waals surface area contributed by atoms with Gasteiger partial charge in [-0.1, -0.05) is 12.1 Å². The van der Waals surface area contributed by atoms with Crippen LogP contribution in [0, 0.1) is 5.82 Å². The molecule has 1 unspecified atom stereocenters. The molecule has 4 rings (SSSR count). The molecule has 1 aromatic carbocycles. The van der Waals surface area contributed by atoms with Gasteiger partial charge in [-0.15, -0.1) is 0 Å². The Hall–Kier alpha value is -2.84. The zero-order valence-corrected chi connectivity index (χ0v) is 15.4. The molecule has 146 valence electrons. The van der Waals surface area contributed by atoms with Crippen molar-refractivity contribution in [2.75, 3.05) is 13.1 Å². The summed E-state index contributed by atoms with van der Waals surface area (Å²) in [6.45, 7) is 1.54. The molecule has 1 aliphatic heterocycles. The fraction of sp³-hybridized carbons (Fsp3) is 0.350. The predicted molar refractivity (Wildman–Crippen MR) is 101 cm³/mol. The molecule has 2 aromatic heterocycles. The Kier molecular flexibility index (Phi) is 5.06. The summed E-state index contributed by atoms with van der Waals surface area (Å²) in [6, 6.07) is 7.87. The Morgan fingerprint density at radius 1 is 1.29 bits per heavy atom. The number of rotatable bonds is 6. The molecule has 1 saturated heterocycles. The molecule has 3 heterocycles. The number of hydrogen-bond donors (Lipinski definition) is 2. The van der Waals surface area contributed by atoms with Gasteiger partial charge in [0.05, 0.1) is 6.20 Å². The molecule has 1 fully saturated rings. The molecule has 8 heteroatoms. The van der Waals surface area contributed by atoms with Gasteiger partial charge in [-0.25, -0.2) is 13.9 Å². The second-order valence-electron chi connectivity index (χ2n) is 7.15. The average Bonchev–Trinajstić information content (AvgIpc) is 3.11. The third-order valence-electron chi connectivity index (χ3n) is 5.08. The van der Waals surface area contributed by atoms with E-state index in [1.165, 1.54) is 12.1 Å². The summed E-state index contributed by atoms with van der Waals surface area (Å²) in [5.74, 6) is -0.606. The van der Waals surface area contributed by atoms with Gasteiger partial charge in [0.1, 0.15) is 5.82 Å². The number of carbonyl (C=O) groups is 1. The van der Waals surface area contributed by atoms with Gasteiger partial charge in [0.2, 0.25) is 0 Å². The number of aromatic nitrogens is 3. The van der Waals surface area contributed by atoms with Crippen molar-refractivity contribution in [3.05, 3.63) is 65.9 Å². The van der Waals surface area contributed by atoms with E-state index in [9.17, 15) is 14.3 Å². The number of fused-ring (bicyclic) bond motifs is 1. The summed E-state index contributed by atoms with van der Waals surface area (Å²) in [4.78, 5) is 18.8. The van der Waals surface area contributed by atoms with Crippen LogP contribution in [0.2, 0.25) is 0 Å². The smallest absolute Gasteiger partial charge is 0.256 e. The maximum atomic E-state index is 13.1. The van der Waals surface area contributed by atoms with Crippen molar-refractivity contribution >= 4 is 11.6 Å². The normalized spacial score (nSPS) is 20.1. The Morgan fingerprint density at radius 2 is 2.11 bits per heavy atom. The minimum Gasteiger partial charge on any atom is -0.379 e. The number of halogens is 1. The highest BCUT2D eigenvalue weighted by molar-refractivity contribution is 5.86. The third-order valence-corrected chi connectivity index (χ3v) is 5.08. The summed E-state index contributed by atoms with van der Waals surface area (Å²) in [7, 11) is 0. The predicted octanol–water partition coefficient (Wildman–Crippen LogP) is 1.51. The van der Waals surface area contributed by atoms with Crippen LogP contribution in [0.4, 0.5) is 4.39 Å². The van der Waals surface area contributed by atoms with E-state index in [0.29, 0.717) is 32.5 Å². The standard InChI is InChI=1S/C20H22FN5O2/c21-17-5-3-15(4-6-17)13-25-9-1-7-20(28,19(25)27)14-22-11-16-12-24-26-10-2-8-23-18(16)26/h2-6,8,10,12,22,28H,1,7,9,11,13-14H2. The molecule has 1 amide bonds. The van der Waals surface area contributed by atoms with E-state index in [-0.39, 0.29) is 18.3 Å². The SMILES string of the molecule is O=C1N(Cc2ccc(F)cc2)CCCC1(O)CNCc1cnn2cccnc12. The van der Waals surface area contributed by atoms with Crippen LogP contribution in [0.1, 0.15) is 24.0 Å². The van der Waals surface area contributed by atoms with Crippen LogP contribution in [0.15, 0.2) is 48.9 Å². The summed E-state index contributed by atoms with van der Waals surface area (Å²) >= 11 is 0. The zero-order chi connectivity index (χ0) is 19.6. The van der Waals surface area contributed by atoms with E-state index in [2.05, 4.69) is 15.4 Å². The second kappa shape index (κ2) is 7.65. The molecule has 7 nitrogen and oxygen atoms in total. The number of aliphatic hydroxyl groups is 1. The molecule has 0 aliphatic carbocycles. The number of carbonyl (C=O) groups excluding carboxylic acids is 1. The fourth-order valence-corrected chi connectivity index (χ4v) is 3.60. The maximum Gasteiger partial charge on any atom is 0.256 e. The lowest BCUT2D eigenvalue weighted by molar-refractivity contribution is -0.157. The highest BCUT2D eigenvalue weighted by Gasteiger charge is 2.41. The molecule has 1 aliphatic rings. The topological polar surface area (TPSA) is 82.8 Å². The first kappa shape index (κ1) is 18.5. The van der Waals surface area contributed by atoms with Gasteiger partial charge in [-0.05, 0) is 36.6 Å². The van der Waals surface area contributed by atoms with E-state index < -0.39 is 5.60 Å². The number of nitrogens with one attached hydrogen (secondary N) is 1. The summed E-state index contributed by atoms with van der Waals surface area (Å²) in [5.41, 5.74) is 1.03. The van der Waals surface area contributed by atoms with Crippen LogP contribution < -0.4 is 5.32 Å². The lowest BCUT2D eigenvalue weighted by atomic mass is 9.91. The number of nitrogens with zero attached hydrogens (tertiary/aromatic N) is 4. The molecule has 0 saturated carbocycles. The van der Waals surface area contributed by atoms with Crippen molar-refractivity contribution in [3.8, 4) is 0 Å². The summed E-state index contributed by atoms with van der Waals surface area (Å²) in [6.07, 6.45) is 6.36. The van der Waals surface area contributed by atoms with Crippen LogP contribution in [-0.4, -0.2) is 49.2 Å². The Bertz CT molecular complexity index is 974. The highest BCUT2D eigenvalue weighted by Crippen LogP contribution is 2.24. The highest BCUT2D eigenvalue weighted by atomic mass is 19.1. The van der Waals surface area contributed by atoms with Crippen molar-refractivity contribution in [1.82, 2.24) is 24.8 Å². The van der Waals surface area contributed by atoms with Gasteiger partial charge >= 0.3 is 0 Å². The minimum absolute atomic E-state index is 0.149. The lowest BCUT2D eigenvalue weighted by Gasteiger charge is -2.38. The lowest BCUT2D eigenvalue weighted by Crippen LogP contribution is -2.57. The van der Waals surface area contributed by atoms with E-state index >= 15 is 0 Å². The minimum atomic E-state index is -1.45. The first-order valence-electron chi connectivity index (χ1n) is 9.29. The molecule has 3 aromatic rings. The van der Waals surface area contributed by atoms with Gasteiger partial charge < -0.3 is 15.3 Å². The molecule has 0 bridgehead atoms. The van der Waals surface area contributed by atoms with Gasteiger partial charge in [-0.2, -0.15) is 5.10 Å². The van der Waals surface area contributed by atoms with Gasteiger partial charge in [0.25, 0.3) is 5.91 Å². The number of piperidine rings is 1. The first-order chi connectivity index (χ1) is 13.5. The van der Waals surface area contributed by atoms with Crippen LogP contribution in [0.25, 0.3) is 5.65 Å². The molecule has 28 heavy (non-hydrogen) atoms. The molecule has 2 N–H and O–H groups in total. The molecular weight excluding hydrogens is 361 g/mol. The van der Waals surface area contributed by atoms with E-state index in [0.717, 1.165) is 16.8 Å². The monoisotopic (exact) mass is 383 g/mol. The van der Waals surface area contributed by atoms with Crippen molar-refractivity contribution in [2.24, 2.45) is 0 Å². The Labute approximate surface area is 161 Å². The van der Waals surface area contributed by atoms with Crippen molar-refractivity contribution in [2.45, 2.75) is 31.5 Å². The summed E-state index contributed by atoms with van der Waals surface area (Å²) in [5, 5.41) is 18.3. The van der Waals surface area contributed by atoms with Crippen molar-refractivity contribution < 1.29 is 14.3 Å². The van der Waals surface area contributed by atoms with Crippen LogP contribution in [-0.2, 0) is 17.9 Å². The van der Waals surface area contributed by atoms with E-state index in [1.807, 2.05) is 6.20 Å². The van der Waals surface area contributed by atoms with Crippen LogP contribution in [0.5, 0.6) is 0 Å². The van der Waals surface area contributed by atoms with Crippen molar-refractivity contribution in [3.63, 3.8) is 0 Å². The molecular formula is C20H22FN5O2. The Balaban J connectivity index is 1.39. The van der Waals surface area contributed by atoms with E-state index in [4.69, 9.17) is 0 Å². The van der Waals surface area contributed by atoms with E-state index in [1.54, 1.807) is 40.0 Å². The third kappa shape index (κ3) is 3.74. The average molecular weight is 383 g/mol. The second-order valence-corrected chi connectivity index (χ2v) is 7.15. The first-order valence-corrected chi connectivity index (χ1v) is 9.29. The molecule has 1 atom stereocenters. The number of amides is 1. The zero-order valence-electron chi connectivity index (χ0n) is 15.4. The molecule has 0 spiro atoms. The molecule has 0 radical (unpaired) electrons. The van der Waals surface area contributed by atoms with Gasteiger partial charge in [0.15, 0.2) is 11.2 Å². The van der Waals surface area contributed by atoms with Crippen LogP contribution in [0.3, 0.4) is 0 Å². The summed E-state index contributed by atoms with van der Waals surface area (Å²) < 4.78 is 14.8. The van der Waals surface area contributed by atoms with Crippen molar-refractivity contribution in [1.29, 1.82) is 0 Å². The number of benzene rings is 1. The van der Waals surface area contributed by atoms with Gasteiger partial charge in [0, 0.05) is 44.1 Å². The van der Waals surface area contributed by atoms with Gasteiger partial charge in [-0.3, -0.25) is 4.79 Å². The fourth-order valence-electron chi connectivity index (χ4n) is 3.60. The number of hydrogen-bond acceptors (Lipinski definition) is 5. The van der Waals surface area contributed by atoms with Crippen LogP contribution >= 0.6 is 0 Å². The maximum absolute atomic E-state index is 13.1. The number of likely N-dealkylation sites (tertiary alicyclic amines) is 1. The quantitative estimate of drug-likeness (QED) is 0.674.